The number of aryl methyl sites for hydroxylation is 1. The van der Waals surface area contributed by atoms with Crippen LogP contribution >= 0.6 is 0 Å². The highest BCUT2D eigenvalue weighted by atomic mass is 16.4. The van der Waals surface area contributed by atoms with E-state index in [1.54, 1.807) is 6.07 Å². The van der Waals surface area contributed by atoms with Crippen molar-refractivity contribution in [1.82, 2.24) is 5.43 Å². The standard InChI is InChI=1S/C15H19BN2O2/c1-2-12-10-14(16(19)20)9-8-13(12)11-17-18-15-6-4-3-5-7-15/h3-10,17-20H,2,11H2,1H3. The number of anilines is 1. The number of hydrogen-bond donors (Lipinski definition) is 4. The Balaban J connectivity index is 1.99. The summed E-state index contributed by atoms with van der Waals surface area (Å²) in [5, 5.41) is 18.4. The second kappa shape index (κ2) is 7.10. The van der Waals surface area contributed by atoms with Gasteiger partial charge in [-0.15, -0.1) is 0 Å². The monoisotopic (exact) mass is 270 g/mol. The molecule has 0 aromatic heterocycles. The summed E-state index contributed by atoms with van der Waals surface area (Å²) in [5.74, 6) is 0. The number of benzene rings is 2. The van der Waals surface area contributed by atoms with Gasteiger partial charge in [-0.2, -0.15) is 0 Å². The Labute approximate surface area is 119 Å². The third kappa shape index (κ3) is 3.84. The second-order valence-corrected chi connectivity index (χ2v) is 4.60. The first kappa shape index (κ1) is 14.6. The topological polar surface area (TPSA) is 64.5 Å². The Bertz CT molecular complexity index is 547. The number of rotatable bonds is 6. The Morgan fingerprint density at radius 2 is 1.75 bits per heavy atom. The quantitative estimate of drug-likeness (QED) is 0.468. The van der Waals surface area contributed by atoms with Gasteiger partial charge < -0.3 is 15.5 Å². The molecular formula is C15H19BN2O2. The van der Waals surface area contributed by atoms with Gasteiger partial charge in [0, 0.05) is 12.2 Å². The molecule has 2 rings (SSSR count). The Hall–Kier alpha value is -1.82. The van der Waals surface area contributed by atoms with E-state index in [1.807, 2.05) is 42.5 Å². The summed E-state index contributed by atoms with van der Waals surface area (Å²) >= 11 is 0. The zero-order valence-corrected chi connectivity index (χ0v) is 11.5. The highest BCUT2D eigenvalue weighted by Crippen LogP contribution is 2.09. The second-order valence-electron chi connectivity index (χ2n) is 4.60. The third-order valence-electron chi connectivity index (χ3n) is 3.19. The van der Waals surface area contributed by atoms with Crippen molar-refractivity contribution in [3.63, 3.8) is 0 Å². The van der Waals surface area contributed by atoms with Crippen molar-refractivity contribution in [1.29, 1.82) is 0 Å². The minimum absolute atomic E-state index is 0.529. The average molecular weight is 270 g/mol. The number of nitrogens with one attached hydrogen (secondary N) is 2. The first-order valence-electron chi connectivity index (χ1n) is 6.72. The maximum Gasteiger partial charge on any atom is 0.488 e. The van der Waals surface area contributed by atoms with Crippen molar-refractivity contribution in [3.05, 3.63) is 59.7 Å². The molecule has 0 saturated heterocycles. The van der Waals surface area contributed by atoms with Crippen LogP contribution in [0.25, 0.3) is 0 Å². The molecule has 104 valence electrons. The lowest BCUT2D eigenvalue weighted by molar-refractivity contribution is 0.425. The lowest BCUT2D eigenvalue weighted by Gasteiger charge is -2.13. The van der Waals surface area contributed by atoms with Crippen LogP contribution < -0.4 is 16.3 Å². The lowest BCUT2D eigenvalue weighted by Crippen LogP contribution is -2.30. The molecular weight excluding hydrogens is 251 g/mol. The molecule has 5 heteroatoms. The fourth-order valence-electron chi connectivity index (χ4n) is 2.07. The summed E-state index contributed by atoms with van der Waals surface area (Å²) in [5.41, 5.74) is 10.1. The molecule has 0 heterocycles. The molecule has 0 saturated carbocycles. The van der Waals surface area contributed by atoms with Crippen LogP contribution in [0, 0.1) is 0 Å². The van der Waals surface area contributed by atoms with E-state index in [1.165, 1.54) is 0 Å². The molecule has 0 aliphatic rings. The van der Waals surface area contributed by atoms with Crippen molar-refractivity contribution in [2.24, 2.45) is 0 Å². The van der Waals surface area contributed by atoms with E-state index in [2.05, 4.69) is 17.8 Å². The van der Waals surface area contributed by atoms with E-state index in [-0.39, 0.29) is 0 Å². The fraction of sp³-hybridized carbons (Fsp3) is 0.200. The highest BCUT2D eigenvalue weighted by molar-refractivity contribution is 6.58. The zero-order chi connectivity index (χ0) is 14.4. The van der Waals surface area contributed by atoms with Crippen LogP contribution in [0.5, 0.6) is 0 Å². The Morgan fingerprint density at radius 1 is 1.00 bits per heavy atom. The highest BCUT2D eigenvalue weighted by Gasteiger charge is 2.12. The predicted molar refractivity (Wildman–Crippen MR) is 82.6 cm³/mol. The number of hydrazine groups is 1. The van der Waals surface area contributed by atoms with Crippen LogP contribution in [0.4, 0.5) is 5.69 Å². The molecule has 2 aromatic rings. The smallest absolute Gasteiger partial charge is 0.423 e. The molecule has 0 bridgehead atoms. The van der Waals surface area contributed by atoms with Gasteiger partial charge in [-0.1, -0.05) is 43.3 Å². The maximum absolute atomic E-state index is 9.19. The van der Waals surface area contributed by atoms with Gasteiger partial charge in [-0.25, -0.2) is 5.43 Å². The Kier molecular flexibility index (Phi) is 5.18. The largest absolute Gasteiger partial charge is 0.488 e. The third-order valence-corrected chi connectivity index (χ3v) is 3.19. The minimum atomic E-state index is -1.41. The van der Waals surface area contributed by atoms with Crippen LogP contribution in [-0.2, 0) is 13.0 Å². The average Bonchev–Trinajstić information content (AvgIpc) is 2.48. The minimum Gasteiger partial charge on any atom is -0.423 e. The number of para-hydroxylation sites is 1. The summed E-state index contributed by atoms with van der Waals surface area (Å²) in [6.07, 6.45) is 0.850. The fourth-order valence-corrected chi connectivity index (χ4v) is 2.07. The maximum atomic E-state index is 9.19. The van der Waals surface area contributed by atoms with Gasteiger partial charge in [0.25, 0.3) is 0 Å². The molecule has 0 spiro atoms. The first-order valence-corrected chi connectivity index (χ1v) is 6.72. The van der Waals surface area contributed by atoms with Gasteiger partial charge in [0.15, 0.2) is 0 Å². The summed E-state index contributed by atoms with van der Waals surface area (Å²) in [6, 6.07) is 15.4. The van der Waals surface area contributed by atoms with E-state index < -0.39 is 7.12 Å². The van der Waals surface area contributed by atoms with Crippen molar-refractivity contribution in [3.8, 4) is 0 Å². The normalized spacial score (nSPS) is 10.3. The van der Waals surface area contributed by atoms with Gasteiger partial charge in [-0.05, 0) is 35.1 Å². The van der Waals surface area contributed by atoms with Gasteiger partial charge in [0.1, 0.15) is 0 Å². The van der Waals surface area contributed by atoms with Crippen LogP contribution in [0.3, 0.4) is 0 Å². The molecule has 0 unspecified atom stereocenters. The zero-order valence-electron chi connectivity index (χ0n) is 11.5. The lowest BCUT2D eigenvalue weighted by atomic mass is 9.78. The van der Waals surface area contributed by atoms with Crippen molar-refractivity contribution in [2.75, 3.05) is 5.43 Å². The summed E-state index contributed by atoms with van der Waals surface area (Å²) < 4.78 is 0. The molecule has 4 nitrogen and oxygen atoms in total. The molecule has 20 heavy (non-hydrogen) atoms. The molecule has 0 amide bonds. The number of hydrogen-bond acceptors (Lipinski definition) is 4. The van der Waals surface area contributed by atoms with Crippen LogP contribution in [0.2, 0.25) is 0 Å². The van der Waals surface area contributed by atoms with E-state index in [9.17, 15) is 10.0 Å². The van der Waals surface area contributed by atoms with Crippen molar-refractivity contribution >= 4 is 18.3 Å². The summed E-state index contributed by atoms with van der Waals surface area (Å²) in [7, 11) is -1.41. The summed E-state index contributed by atoms with van der Waals surface area (Å²) in [4.78, 5) is 0. The molecule has 0 atom stereocenters. The van der Waals surface area contributed by atoms with E-state index in [0.717, 1.165) is 23.2 Å². The predicted octanol–water partition coefficient (Wildman–Crippen LogP) is 1.05. The van der Waals surface area contributed by atoms with E-state index in [0.29, 0.717) is 12.0 Å². The summed E-state index contributed by atoms with van der Waals surface area (Å²) in [6.45, 7) is 2.72. The van der Waals surface area contributed by atoms with Crippen LogP contribution in [0.1, 0.15) is 18.1 Å². The molecule has 0 aliphatic heterocycles. The van der Waals surface area contributed by atoms with Gasteiger partial charge >= 0.3 is 7.12 Å². The Morgan fingerprint density at radius 3 is 2.40 bits per heavy atom. The van der Waals surface area contributed by atoms with Gasteiger partial charge in [0.2, 0.25) is 0 Å². The molecule has 0 radical (unpaired) electrons. The van der Waals surface area contributed by atoms with Gasteiger partial charge in [0.05, 0.1) is 0 Å². The van der Waals surface area contributed by atoms with Crippen LogP contribution in [-0.4, -0.2) is 17.2 Å². The molecule has 0 aliphatic carbocycles. The molecule has 4 N–H and O–H groups in total. The van der Waals surface area contributed by atoms with E-state index in [4.69, 9.17) is 0 Å². The molecule has 2 aromatic carbocycles. The van der Waals surface area contributed by atoms with Crippen molar-refractivity contribution < 1.29 is 10.0 Å². The SMILES string of the molecule is CCc1cc(B(O)O)ccc1CNNc1ccccc1. The first-order chi connectivity index (χ1) is 9.70. The van der Waals surface area contributed by atoms with Crippen molar-refractivity contribution in [2.45, 2.75) is 19.9 Å². The van der Waals surface area contributed by atoms with Gasteiger partial charge in [-0.3, -0.25) is 0 Å². The van der Waals surface area contributed by atoms with Crippen LogP contribution in [0.15, 0.2) is 48.5 Å². The molecule has 0 fully saturated rings. The van der Waals surface area contributed by atoms with E-state index >= 15 is 0 Å².